The molecule has 0 spiro atoms. The van der Waals surface area contributed by atoms with Gasteiger partial charge in [0.25, 0.3) is 15.9 Å². The molecule has 0 radical (unpaired) electrons. The quantitative estimate of drug-likeness (QED) is 0.592. The summed E-state index contributed by atoms with van der Waals surface area (Å²) in [5, 5.41) is 2.94. The number of hydrogen-bond donors (Lipinski definition) is 2. The molecular weight excluding hydrogens is 400 g/mol. The number of nitrogens with one attached hydrogen (secondary N) is 2. The number of carbonyl (C=O) groups is 1. The van der Waals surface area contributed by atoms with Gasteiger partial charge in [-0.05, 0) is 50.2 Å². The molecule has 1 unspecified atom stereocenters. The van der Waals surface area contributed by atoms with Crippen LogP contribution in [0.15, 0.2) is 77.7 Å². The fraction of sp³-hybridized carbons (Fsp3) is 0.174. The van der Waals surface area contributed by atoms with E-state index in [9.17, 15) is 13.2 Å². The van der Waals surface area contributed by atoms with E-state index in [1.807, 2.05) is 32.0 Å². The normalized spacial score (nSPS) is 12.1. The number of ether oxygens (including phenoxy) is 1. The van der Waals surface area contributed by atoms with Gasteiger partial charge in [0.15, 0.2) is 0 Å². The summed E-state index contributed by atoms with van der Waals surface area (Å²) in [6.45, 7) is 3.84. The molecule has 6 nitrogen and oxygen atoms in total. The largest absolute Gasteiger partial charge is 0.496 e. The molecule has 0 bridgehead atoms. The highest BCUT2D eigenvalue weighted by molar-refractivity contribution is 7.92. The Bertz CT molecular complexity index is 1140. The number of anilines is 1. The highest BCUT2D eigenvalue weighted by Crippen LogP contribution is 2.26. The lowest BCUT2D eigenvalue weighted by molar-refractivity contribution is 0.0939. The van der Waals surface area contributed by atoms with Crippen molar-refractivity contribution in [2.24, 2.45) is 0 Å². The van der Waals surface area contributed by atoms with Gasteiger partial charge < -0.3 is 10.1 Å². The molecule has 0 fully saturated rings. The predicted octanol–water partition coefficient (Wildman–Crippen LogP) is 4.30. The molecule has 3 aromatic carbocycles. The molecule has 0 aliphatic carbocycles. The smallest absolute Gasteiger partial charge is 0.261 e. The summed E-state index contributed by atoms with van der Waals surface area (Å²) in [6, 6.07) is 19.9. The average Bonchev–Trinajstić information content (AvgIpc) is 2.74. The second-order valence-corrected chi connectivity index (χ2v) is 8.62. The second-order valence-electron chi connectivity index (χ2n) is 6.94. The Morgan fingerprint density at radius 1 is 0.967 bits per heavy atom. The summed E-state index contributed by atoms with van der Waals surface area (Å²) >= 11 is 0. The van der Waals surface area contributed by atoms with Crippen LogP contribution in [0.1, 0.15) is 34.5 Å². The van der Waals surface area contributed by atoms with Gasteiger partial charge in [0.2, 0.25) is 0 Å². The van der Waals surface area contributed by atoms with Gasteiger partial charge in [0.05, 0.1) is 18.0 Å². The van der Waals surface area contributed by atoms with Crippen molar-refractivity contribution >= 4 is 21.6 Å². The third-order valence-corrected chi connectivity index (χ3v) is 6.03. The van der Waals surface area contributed by atoms with Gasteiger partial charge >= 0.3 is 0 Å². The number of amides is 1. The van der Waals surface area contributed by atoms with E-state index in [1.54, 1.807) is 43.5 Å². The van der Waals surface area contributed by atoms with E-state index in [0.717, 1.165) is 11.1 Å². The minimum Gasteiger partial charge on any atom is -0.496 e. The summed E-state index contributed by atoms with van der Waals surface area (Å²) in [5.41, 5.74) is 2.59. The molecule has 2 N–H and O–H groups in total. The van der Waals surface area contributed by atoms with Gasteiger partial charge in [-0.15, -0.1) is 0 Å². The Labute approximate surface area is 177 Å². The number of benzene rings is 3. The van der Waals surface area contributed by atoms with Crippen LogP contribution in [0.2, 0.25) is 0 Å². The minimum absolute atomic E-state index is 0.153. The third-order valence-electron chi connectivity index (χ3n) is 4.63. The summed E-state index contributed by atoms with van der Waals surface area (Å²) in [5.74, 6) is 0.379. The molecule has 30 heavy (non-hydrogen) atoms. The Morgan fingerprint density at radius 3 is 2.40 bits per heavy atom. The molecule has 0 aromatic heterocycles. The number of sulfonamides is 1. The van der Waals surface area contributed by atoms with E-state index in [1.165, 1.54) is 18.2 Å². The number of methoxy groups -OCH3 is 1. The Kier molecular flexibility index (Phi) is 6.42. The summed E-state index contributed by atoms with van der Waals surface area (Å²) in [6.07, 6.45) is 0. The van der Waals surface area contributed by atoms with Gasteiger partial charge in [-0.1, -0.05) is 42.0 Å². The lowest BCUT2D eigenvalue weighted by atomic mass is 10.0. The molecule has 0 saturated carbocycles. The van der Waals surface area contributed by atoms with E-state index in [4.69, 9.17) is 4.74 Å². The summed E-state index contributed by atoms with van der Waals surface area (Å²) in [4.78, 5) is 12.9. The lowest BCUT2D eigenvalue weighted by Crippen LogP contribution is -2.27. The van der Waals surface area contributed by atoms with Crippen molar-refractivity contribution in [3.8, 4) is 5.75 Å². The zero-order chi connectivity index (χ0) is 21.7. The zero-order valence-corrected chi connectivity index (χ0v) is 17.9. The van der Waals surface area contributed by atoms with Crippen LogP contribution in [0.4, 0.5) is 5.69 Å². The van der Waals surface area contributed by atoms with Crippen molar-refractivity contribution < 1.29 is 17.9 Å². The fourth-order valence-electron chi connectivity index (χ4n) is 3.09. The Morgan fingerprint density at radius 2 is 1.70 bits per heavy atom. The van der Waals surface area contributed by atoms with Crippen LogP contribution in [-0.2, 0) is 10.0 Å². The third kappa shape index (κ3) is 4.99. The topological polar surface area (TPSA) is 84.5 Å². The number of rotatable bonds is 7. The standard InChI is InChI=1S/C23H24N2O4S/c1-16-12-13-22(29-3)21(14-16)17(2)24-23(26)18-8-7-9-19(15-18)25-30(27,28)20-10-5-4-6-11-20/h4-15,17,25H,1-3H3,(H,24,26). The van der Waals surface area contributed by atoms with Crippen LogP contribution in [0.25, 0.3) is 0 Å². The van der Waals surface area contributed by atoms with E-state index in [-0.39, 0.29) is 16.8 Å². The van der Waals surface area contributed by atoms with Crippen LogP contribution in [0.5, 0.6) is 5.75 Å². The van der Waals surface area contributed by atoms with Crippen molar-refractivity contribution in [3.05, 3.63) is 89.5 Å². The van der Waals surface area contributed by atoms with Crippen molar-refractivity contribution in [1.82, 2.24) is 5.32 Å². The van der Waals surface area contributed by atoms with Gasteiger partial charge in [-0.25, -0.2) is 8.42 Å². The van der Waals surface area contributed by atoms with E-state index in [2.05, 4.69) is 10.0 Å². The van der Waals surface area contributed by atoms with Crippen molar-refractivity contribution in [2.45, 2.75) is 24.8 Å². The monoisotopic (exact) mass is 424 g/mol. The molecule has 1 atom stereocenters. The molecule has 3 rings (SSSR count). The lowest BCUT2D eigenvalue weighted by Gasteiger charge is -2.18. The van der Waals surface area contributed by atoms with Gasteiger partial charge in [-0.2, -0.15) is 0 Å². The van der Waals surface area contributed by atoms with E-state index >= 15 is 0 Å². The number of carbonyl (C=O) groups excluding carboxylic acids is 1. The van der Waals surface area contributed by atoms with Crippen molar-refractivity contribution in [1.29, 1.82) is 0 Å². The first kappa shape index (κ1) is 21.4. The zero-order valence-electron chi connectivity index (χ0n) is 17.0. The number of hydrogen-bond acceptors (Lipinski definition) is 4. The number of aryl methyl sites for hydroxylation is 1. The maximum atomic E-state index is 12.8. The molecule has 0 saturated heterocycles. The van der Waals surface area contributed by atoms with Crippen LogP contribution < -0.4 is 14.8 Å². The fourth-order valence-corrected chi connectivity index (χ4v) is 4.16. The summed E-state index contributed by atoms with van der Waals surface area (Å²) in [7, 11) is -2.15. The first-order chi connectivity index (χ1) is 14.3. The molecule has 0 heterocycles. The first-order valence-electron chi connectivity index (χ1n) is 9.43. The minimum atomic E-state index is -3.73. The van der Waals surface area contributed by atoms with Crippen molar-refractivity contribution in [2.75, 3.05) is 11.8 Å². The summed E-state index contributed by atoms with van der Waals surface area (Å²) < 4.78 is 33.0. The van der Waals surface area contributed by atoms with E-state index in [0.29, 0.717) is 17.0 Å². The van der Waals surface area contributed by atoms with Crippen LogP contribution in [0.3, 0.4) is 0 Å². The predicted molar refractivity (Wildman–Crippen MR) is 117 cm³/mol. The maximum Gasteiger partial charge on any atom is 0.261 e. The average molecular weight is 425 g/mol. The van der Waals surface area contributed by atoms with E-state index < -0.39 is 10.0 Å². The molecule has 1 amide bonds. The maximum absolute atomic E-state index is 12.8. The Balaban J connectivity index is 1.77. The molecule has 3 aromatic rings. The first-order valence-corrected chi connectivity index (χ1v) is 10.9. The molecule has 156 valence electrons. The van der Waals surface area contributed by atoms with Gasteiger partial charge in [0, 0.05) is 16.8 Å². The van der Waals surface area contributed by atoms with Crippen LogP contribution in [0, 0.1) is 6.92 Å². The van der Waals surface area contributed by atoms with Crippen LogP contribution in [-0.4, -0.2) is 21.4 Å². The Hall–Kier alpha value is -3.32. The molecule has 7 heteroatoms. The van der Waals surface area contributed by atoms with Gasteiger partial charge in [0.1, 0.15) is 5.75 Å². The van der Waals surface area contributed by atoms with Gasteiger partial charge in [-0.3, -0.25) is 9.52 Å². The van der Waals surface area contributed by atoms with Crippen LogP contribution >= 0.6 is 0 Å². The molecule has 0 aliphatic rings. The molecular formula is C23H24N2O4S. The molecule has 0 aliphatic heterocycles. The SMILES string of the molecule is COc1ccc(C)cc1C(C)NC(=O)c1cccc(NS(=O)(=O)c2ccccc2)c1. The highest BCUT2D eigenvalue weighted by Gasteiger charge is 2.17. The highest BCUT2D eigenvalue weighted by atomic mass is 32.2. The van der Waals surface area contributed by atoms with Crippen molar-refractivity contribution in [3.63, 3.8) is 0 Å². The second kappa shape index (κ2) is 9.00.